The summed E-state index contributed by atoms with van der Waals surface area (Å²) in [5.41, 5.74) is 2.54. The lowest BCUT2D eigenvalue weighted by molar-refractivity contribution is 0.0929. The first kappa shape index (κ1) is 23.1. The Kier molecular flexibility index (Phi) is 7.70. The van der Waals surface area contributed by atoms with Crippen molar-refractivity contribution in [1.82, 2.24) is 20.3 Å². The van der Waals surface area contributed by atoms with Crippen LogP contribution in [0.1, 0.15) is 48.2 Å². The van der Waals surface area contributed by atoms with Gasteiger partial charge in [0, 0.05) is 12.2 Å². The smallest absolute Gasteiger partial charge is 0.255 e. The molecule has 0 spiro atoms. The summed E-state index contributed by atoms with van der Waals surface area (Å²) in [7, 11) is 4.54. The summed E-state index contributed by atoms with van der Waals surface area (Å²) in [6, 6.07) is 0.207. The van der Waals surface area contributed by atoms with Crippen LogP contribution >= 0.6 is 0 Å². The number of ether oxygens (including phenoxy) is 3. The van der Waals surface area contributed by atoms with E-state index in [0.29, 0.717) is 45.3 Å². The summed E-state index contributed by atoms with van der Waals surface area (Å²) in [5.74, 6) is 1.03. The van der Waals surface area contributed by atoms with Crippen LogP contribution in [0.4, 0.5) is 0 Å². The Morgan fingerprint density at radius 3 is 2.56 bits per heavy atom. The topological polar surface area (TPSA) is 98.4 Å². The Labute approximate surface area is 188 Å². The molecule has 32 heavy (non-hydrogen) atoms. The van der Waals surface area contributed by atoms with Crippen LogP contribution in [0.25, 0.3) is 16.7 Å². The first-order chi connectivity index (χ1) is 15.5. The van der Waals surface area contributed by atoms with Gasteiger partial charge in [-0.15, -0.1) is 0 Å². The second kappa shape index (κ2) is 10.7. The summed E-state index contributed by atoms with van der Waals surface area (Å²) >= 11 is 0. The molecule has 1 saturated carbocycles. The van der Waals surface area contributed by atoms with E-state index in [-0.39, 0.29) is 11.9 Å². The second-order valence-electron chi connectivity index (χ2n) is 7.51. The van der Waals surface area contributed by atoms with E-state index in [1.54, 1.807) is 18.5 Å². The predicted molar refractivity (Wildman–Crippen MR) is 124 cm³/mol. The molecule has 0 radical (unpaired) electrons. The number of aromatic nitrogens is 3. The molecule has 1 fully saturated rings. The standard InChI is InChI=1S/C24H30N4O4/c1-6-19(30-3)22(32-5)20(31-4)12-15(2)18-14-26-23-21(28-18)17(13-25-23)24(29)27-16-10-8-7-9-11-16/h6,12-14,16H,1-2,7-11H2,3-5H3,(H,25,26)(H,27,29)/b20-12+,22-19-. The molecule has 0 bridgehead atoms. The van der Waals surface area contributed by atoms with Crippen molar-refractivity contribution in [2.24, 2.45) is 0 Å². The van der Waals surface area contributed by atoms with Crippen LogP contribution in [0, 0.1) is 0 Å². The van der Waals surface area contributed by atoms with Gasteiger partial charge in [0.25, 0.3) is 5.91 Å². The Hall–Kier alpha value is -3.55. The number of fused-ring (bicyclic) bond motifs is 1. The van der Waals surface area contributed by atoms with Crippen LogP contribution < -0.4 is 5.32 Å². The quantitative estimate of drug-likeness (QED) is 0.449. The monoisotopic (exact) mass is 438 g/mol. The Balaban J connectivity index is 1.90. The molecule has 8 heteroatoms. The number of carbonyl (C=O) groups is 1. The fourth-order valence-corrected chi connectivity index (χ4v) is 3.77. The van der Waals surface area contributed by atoms with E-state index in [9.17, 15) is 4.79 Å². The maximum atomic E-state index is 12.9. The molecule has 2 aromatic heterocycles. The lowest BCUT2D eigenvalue weighted by Crippen LogP contribution is -2.36. The van der Waals surface area contributed by atoms with E-state index in [1.807, 2.05) is 0 Å². The number of rotatable bonds is 9. The molecule has 1 aliphatic rings. The first-order valence-corrected chi connectivity index (χ1v) is 10.6. The minimum absolute atomic E-state index is 0.145. The largest absolute Gasteiger partial charge is 0.493 e. The fourth-order valence-electron chi connectivity index (χ4n) is 3.77. The van der Waals surface area contributed by atoms with Crippen molar-refractivity contribution in [2.45, 2.75) is 38.1 Å². The number of hydrogen-bond donors (Lipinski definition) is 2. The van der Waals surface area contributed by atoms with Crippen molar-refractivity contribution in [3.8, 4) is 0 Å². The fraction of sp³-hybridized carbons (Fsp3) is 0.375. The first-order valence-electron chi connectivity index (χ1n) is 10.6. The summed E-state index contributed by atoms with van der Waals surface area (Å²) in [5, 5.41) is 3.12. The summed E-state index contributed by atoms with van der Waals surface area (Å²) < 4.78 is 16.2. The van der Waals surface area contributed by atoms with Gasteiger partial charge in [-0.05, 0) is 30.6 Å². The number of hydrogen-bond acceptors (Lipinski definition) is 6. The Morgan fingerprint density at radius 2 is 1.94 bits per heavy atom. The van der Waals surface area contributed by atoms with E-state index in [1.165, 1.54) is 33.8 Å². The molecular weight excluding hydrogens is 408 g/mol. The van der Waals surface area contributed by atoms with Gasteiger partial charge in [-0.1, -0.05) is 32.4 Å². The molecule has 0 aromatic carbocycles. The van der Waals surface area contributed by atoms with Crippen molar-refractivity contribution in [3.05, 3.63) is 66.2 Å². The third-order valence-electron chi connectivity index (χ3n) is 5.48. The lowest BCUT2D eigenvalue weighted by Gasteiger charge is -2.22. The number of aromatic amines is 1. The van der Waals surface area contributed by atoms with Gasteiger partial charge in [-0.3, -0.25) is 4.79 Å². The maximum Gasteiger partial charge on any atom is 0.255 e. The second-order valence-corrected chi connectivity index (χ2v) is 7.51. The zero-order chi connectivity index (χ0) is 23.1. The lowest BCUT2D eigenvalue weighted by atomic mass is 9.95. The van der Waals surface area contributed by atoms with Crippen molar-refractivity contribution in [1.29, 1.82) is 0 Å². The summed E-state index contributed by atoms with van der Waals surface area (Å²) in [4.78, 5) is 24.9. The van der Waals surface area contributed by atoms with Crippen LogP contribution in [-0.2, 0) is 14.2 Å². The van der Waals surface area contributed by atoms with Crippen LogP contribution in [0.3, 0.4) is 0 Å². The Bertz CT molecular complexity index is 1060. The van der Waals surface area contributed by atoms with Gasteiger partial charge in [0.1, 0.15) is 5.52 Å². The zero-order valence-electron chi connectivity index (χ0n) is 18.9. The highest BCUT2D eigenvalue weighted by molar-refractivity contribution is 6.04. The van der Waals surface area contributed by atoms with E-state index in [4.69, 9.17) is 14.2 Å². The highest BCUT2D eigenvalue weighted by Crippen LogP contribution is 2.24. The number of nitrogens with zero attached hydrogens (tertiary/aromatic N) is 2. The Morgan fingerprint density at radius 1 is 1.19 bits per heavy atom. The molecule has 2 aromatic rings. The summed E-state index contributed by atoms with van der Waals surface area (Å²) in [6.07, 6.45) is 12.0. The maximum absolute atomic E-state index is 12.9. The van der Waals surface area contributed by atoms with Gasteiger partial charge in [0.05, 0.1) is 38.8 Å². The SMILES string of the molecule is C=C/C(OC)=C(OC)\C(=C/C(=C)c1cnc2[nH]cc(C(=O)NC3CCCCC3)c2n1)OC. The molecule has 8 nitrogen and oxygen atoms in total. The third kappa shape index (κ3) is 5.01. The molecule has 1 aliphatic carbocycles. The summed E-state index contributed by atoms with van der Waals surface area (Å²) in [6.45, 7) is 7.80. The molecule has 2 heterocycles. The molecule has 0 saturated heterocycles. The molecule has 0 aliphatic heterocycles. The van der Waals surface area contributed by atoms with Gasteiger partial charge < -0.3 is 24.5 Å². The molecule has 170 valence electrons. The zero-order valence-corrected chi connectivity index (χ0v) is 18.9. The third-order valence-corrected chi connectivity index (χ3v) is 5.48. The average molecular weight is 439 g/mol. The number of methoxy groups -OCH3 is 3. The molecular formula is C24H30N4O4. The average Bonchev–Trinajstić information content (AvgIpc) is 3.25. The predicted octanol–water partition coefficient (Wildman–Crippen LogP) is 4.25. The van der Waals surface area contributed by atoms with E-state index in [2.05, 4.69) is 33.4 Å². The number of amides is 1. The van der Waals surface area contributed by atoms with Crippen LogP contribution in [0.15, 0.2) is 55.0 Å². The number of allylic oxidation sites excluding steroid dienone is 3. The van der Waals surface area contributed by atoms with Crippen LogP contribution in [0.5, 0.6) is 0 Å². The number of carbonyl (C=O) groups excluding carboxylic acids is 1. The highest BCUT2D eigenvalue weighted by Gasteiger charge is 2.20. The minimum atomic E-state index is -0.145. The van der Waals surface area contributed by atoms with Crippen molar-refractivity contribution in [2.75, 3.05) is 21.3 Å². The normalized spacial score (nSPS) is 15.7. The van der Waals surface area contributed by atoms with Crippen molar-refractivity contribution in [3.63, 3.8) is 0 Å². The highest BCUT2D eigenvalue weighted by atomic mass is 16.5. The van der Waals surface area contributed by atoms with E-state index < -0.39 is 0 Å². The van der Waals surface area contributed by atoms with Crippen LogP contribution in [-0.4, -0.2) is 48.2 Å². The van der Waals surface area contributed by atoms with Gasteiger partial charge in [-0.25, -0.2) is 9.97 Å². The van der Waals surface area contributed by atoms with Crippen LogP contribution in [0.2, 0.25) is 0 Å². The minimum Gasteiger partial charge on any atom is -0.493 e. The van der Waals surface area contributed by atoms with Gasteiger partial charge in [0.15, 0.2) is 17.2 Å². The van der Waals surface area contributed by atoms with E-state index >= 15 is 0 Å². The number of H-pyrrole nitrogens is 1. The van der Waals surface area contributed by atoms with Gasteiger partial charge >= 0.3 is 0 Å². The van der Waals surface area contributed by atoms with Gasteiger partial charge in [-0.2, -0.15) is 0 Å². The van der Waals surface area contributed by atoms with Gasteiger partial charge in [0.2, 0.25) is 5.76 Å². The van der Waals surface area contributed by atoms with Crippen molar-refractivity contribution < 1.29 is 19.0 Å². The van der Waals surface area contributed by atoms with E-state index in [0.717, 1.165) is 25.7 Å². The molecule has 3 rings (SSSR count). The molecule has 0 unspecified atom stereocenters. The molecule has 2 N–H and O–H groups in total. The molecule has 1 amide bonds. The number of nitrogens with one attached hydrogen (secondary N) is 2. The molecule has 0 atom stereocenters. The van der Waals surface area contributed by atoms with Crippen molar-refractivity contribution >= 4 is 22.6 Å².